The fraction of sp³-hybridized carbons (Fsp3) is 0.143. The lowest BCUT2D eigenvalue weighted by molar-refractivity contribution is 0.371. The van der Waals surface area contributed by atoms with Gasteiger partial charge in [-0.15, -0.1) is 0 Å². The van der Waals surface area contributed by atoms with Crippen LogP contribution in [0.4, 0.5) is 0 Å². The van der Waals surface area contributed by atoms with E-state index < -0.39 is 0 Å². The minimum atomic E-state index is 0.123. The highest BCUT2D eigenvalue weighted by molar-refractivity contribution is 5.48. The zero-order chi connectivity index (χ0) is 12.3. The number of aromatic hydroxyl groups is 2. The molecule has 0 atom stereocenters. The number of rotatable bonds is 3. The van der Waals surface area contributed by atoms with E-state index in [2.05, 4.69) is 0 Å². The Morgan fingerprint density at radius 1 is 0.941 bits per heavy atom. The topological polar surface area (TPSA) is 49.7 Å². The van der Waals surface area contributed by atoms with Crippen molar-refractivity contribution >= 4 is 0 Å². The Labute approximate surface area is 99.9 Å². The van der Waals surface area contributed by atoms with E-state index in [-0.39, 0.29) is 11.5 Å². The Kier molecular flexibility index (Phi) is 3.19. The van der Waals surface area contributed by atoms with Crippen LogP contribution in [0, 0.1) is 0 Å². The van der Waals surface area contributed by atoms with Crippen LogP contribution in [-0.2, 0) is 6.42 Å². The summed E-state index contributed by atoms with van der Waals surface area (Å²) in [5.74, 6) is 0.797. The number of hydrogen-bond donors (Lipinski definition) is 2. The molecule has 2 N–H and O–H groups in total. The number of methoxy groups -OCH3 is 1. The van der Waals surface area contributed by atoms with Crippen LogP contribution in [0.15, 0.2) is 42.5 Å². The van der Waals surface area contributed by atoms with E-state index in [1.165, 1.54) is 7.11 Å². The van der Waals surface area contributed by atoms with Crippen molar-refractivity contribution in [3.05, 3.63) is 53.6 Å². The number of ether oxygens (including phenoxy) is 1. The van der Waals surface area contributed by atoms with E-state index in [1.807, 2.05) is 24.3 Å². The molecule has 0 spiro atoms. The summed E-state index contributed by atoms with van der Waals surface area (Å²) in [5.41, 5.74) is 1.50. The molecule has 0 aliphatic rings. The van der Waals surface area contributed by atoms with Crippen LogP contribution >= 0.6 is 0 Å². The monoisotopic (exact) mass is 230 g/mol. The summed E-state index contributed by atoms with van der Waals surface area (Å²) in [4.78, 5) is 0. The Hall–Kier alpha value is -2.16. The van der Waals surface area contributed by atoms with Gasteiger partial charge in [0, 0.05) is 12.0 Å². The molecule has 0 heterocycles. The molecule has 17 heavy (non-hydrogen) atoms. The molecule has 2 rings (SSSR count). The van der Waals surface area contributed by atoms with E-state index in [0.717, 1.165) is 11.1 Å². The predicted octanol–water partition coefficient (Wildman–Crippen LogP) is 2.70. The molecule has 88 valence electrons. The fourth-order valence-electron chi connectivity index (χ4n) is 1.74. The summed E-state index contributed by atoms with van der Waals surface area (Å²) in [6.45, 7) is 0. The minimum Gasteiger partial charge on any atom is -0.508 e. The van der Waals surface area contributed by atoms with Crippen LogP contribution in [0.2, 0.25) is 0 Å². The van der Waals surface area contributed by atoms with E-state index in [9.17, 15) is 10.2 Å². The molecule has 0 unspecified atom stereocenters. The second-order valence-electron chi connectivity index (χ2n) is 3.77. The van der Waals surface area contributed by atoms with Gasteiger partial charge in [-0.05, 0) is 17.7 Å². The van der Waals surface area contributed by atoms with Crippen molar-refractivity contribution in [2.45, 2.75) is 6.42 Å². The molecule has 0 aliphatic carbocycles. The highest BCUT2D eigenvalue weighted by Gasteiger charge is 2.09. The zero-order valence-electron chi connectivity index (χ0n) is 9.55. The van der Waals surface area contributed by atoms with Gasteiger partial charge >= 0.3 is 0 Å². The largest absolute Gasteiger partial charge is 0.508 e. The van der Waals surface area contributed by atoms with Crippen LogP contribution in [0.1, 0.15) is 11.1 Å². The van der Waals surface area contributed by atoms with Crippen molar-refractivity contribution in [2.75, 3.05) is 7.11 Å². The first kappa shape index (κ1) is 11.3. The van der Waals surface area contributed by atoms with Gasteiger partial charge in [0.1, 0.15) is 5.75 Å². The standard InChI is InChI=1S/C14H14O3/c1-17-13-8-4-6-11(14(13)16)9-10-5-2-3-7-12(10)15/h2-8,15-16H,9H2,1H3. The highest BCUT2D eigenvalue weighted by atomic mass is 16.5. The van der Waals surface area contributed by atoms with Crippen LogP contribution in [0.3, 0.4) is 0 Å². The maximum atomic E-state index is 9.93. The molecule has 2 aromatic rings. The summed E-state index contributed by atoms with van der Waals surface area (Å²) in [7, 11) is 1.51. The van der Waals surface area contributed by atoms with Crippen molar-refractivity contribution in [1.29, 1.82) is 0 Å². The van der Waals surface area contributed by atoms with E-state index in [1.54, 1.807) is 18.2 Å². The van der Waals surface area contributed by atoms with Crippen LogP contribution in [0.25, 0.3) is 0 Å². The zero-order valence-corrected chi connectivity index (χ0v) is 9.55. The first-order valence-electron chi connectivity index (χ1n) is 5.34. The Morgan fingerprint density at radius 3 is 2.35 bits per heavy atom. The summed E-state index contributed by atoms with van der Waals surface area (Å²) in [6.07, 6.45) is 0.468. The van der Waals surface area contributed by atoms with Gasteiger partial charge in [-0.3, -0.25) is 0 Å². The van der Waals surface area contributed by atoms with Gasteiger partial charge in [0.15, 0.2) is 11.5 Å². The maximum absolute atomic E-state index is 9.93. The van der Waals surface area contributed by atoms with Gasteiger partial charge in [-0.25, -0.2) is 0 Å². The van der Waals surface area contributed by atoms with Crippen LogP contribution in [0.5, 0.6) is 17.2 Å². The third-order valence-corrected chi connectivity index (χ3v) is 2.67. The van der Waals surface area contributed by atoms with Crippen molar-refractivity contribution in [3.63, 3.8) is 0 Å². The SMILES string of the molecule is COc1cccc(Cc2ccccc2O)c1O. The van der Waals surface area contributed by atoms with Crippen molar-refractivity contribution in [3.8, 4) is 17.2 Å². The molecular formula is C14H14O3. The fourth-order valence-corrected chi connectivity index (χ4v) is 1.74. The van der Waals surface area contributed by atoms with Crippen molar-refractivity contribution in [1.82, 2.24) is 0 Å². The van der Waals surface area contributed by atoms with Crippen molar-refractivity contribution < 1.29 is 14.9 Å². The molecule has 2 aromatic carbocycles. The molecule has 0 saturated heterocycles. The highest BCUT2D eigenvalue weighted by Crippen LogP contribution is 2.32. The van der Waals surface area contributed by atoms with Gasteiger partial charge in [0.05, 0.1) is 7.11 Å². The Bertz CT molecular complexity index is 521. The van der Waals surface area contributed by atoms with Gasteiger partial charge in [-0.2, -0.15) is 0 Å². The summed E-state index contributed by atoms with van der Waals surface area (Å²) >= 11 is 0. The lowest BCUT2D eigenvalue weighted by atomic mass is 10.0. The Morgan fingerprint density at radius 2 is 1.65 bits per heavy atom. The maximum Gasteiger partial charge on any atom is 0.161 e. The van der Waals surface area contributed by atoms with Crippen LogP contribution < -0.4 is 4.74 Å². The molecule has 0 saturated carbocycles. The van der Waals surface area contributed by atoms with E-state index in [0.29, 0.717) is 12.2 Å². The normalized spacial score (nSPS) is 10.2. The van der Waals surface area contributed by atoms with E-state index >= 15 is 0 Å². The third-order valence-electron chi connectivity index (χ3n) is 2.67. The molecule has 0 bridgehead atoms. The summed E-state index contributed by atoms with van der Waals surface area (Å²) < 4.78 is 5.04. The number of phenolic OH excluding ortho intramolecular Hbond substituents is 2. The van der Waals surface area contributed by atoms with Gasteiger partial charge in [0.25, 0.3) is 0 Å². The summed E-state index contributed by atoms with van der Waals surface area (Å²) in [5, 5.41) is 19.6. The average Bonchev–Trinajstić information content (AvgIpc) is 2.34. The second-order valence-corrected chi connectivity index (χ2v) is 3.77. The smallest absolute Gasteiger partial charge is 0.161 e. The number of para-hydroxylation sites is 2. The lowest BCUT2D eigenvalue weighted by Gasteiger charge is -2.09. The van der Waals surface area contributed by atoms with E-state index in [4.69, 9.17) is 4.74 Å². The minimum absolute atomic E-state index is 0.123. The first-order chi connectivity index (χ1) is 8.22. The average molecular weight is 230 g/mol. The lowest BCUT2D eigenvalue weighted by Crippen LogP contribution is -1.92. The van der Waals surface area contributed by atoms with Gasteiger partial charge < -0.3 is 14.9 Å². The molecule has 0 radical (unpaired) electrons. The predicted molar refractivity (Wildman–Crippen MR) is 65.6 cm³/mol. The molecule has 0 aliphatic heterocycles. The second kappa shape index (κ2) is 4.78. The molecule has 3 heteroatoms. The quantitative estimate of drug-likeness (QED) is 0.852. The van der Waals surface area contributed by atoms with Gasteiger partial charge in [-0.1, -0.05) is 30.3 Å². The molecule has 3 nitrogen and oxygen atoms in total. The van der Waals surface area contributed by atoms with Crippen molar-refractivity contribution in [2.24, 2.45) is 0 Å². The van der Waals surface area contributed by atoms with Crippen LogP contribution in [-0.4, -0.2) is 17.3 Å². The molecule has 0 amide bonds. The number of hydrogen-bond acceptors (Lipinski definition) is 3. The number of phenols is 2. The Balaban J connectivity index is 2.34. The first-order valence-corrected chi connectivity index (χ1v) is 5.34. The number of benzene rings is 2. The van der Waals surface area contributed by atoms with Gasteiger partial charge in [0.2, 0.25) is 0 Å². The molecule has 0 aromatic heterocycles. The molecular weight excluding hydrogens is 216 g/mol. The summed E-state index contributed by atoms with van der Waals surface area (Å²) in [6, 6.07) is 12.4. The molecule has 0 fully saturated rings. The third kappa shape index (κ3) is 2.33.